The summed E-state index contributed by atoms with van der Waals surface area (Å²) < 4.78 is 0. The van der Waals surface area contributed by atoms with E-state index in [0.29, 0.717) is 5.28 Å². The smallest absolute Gasteiger partial charge is 0.224 e. The lowest BCUT2D eigenvalue weighted by molar-refractivity contribution is 0.834. The van der Waals surface area contributed by atoms with Gasteiger partial charge in [0, 0.05) is 24.8 Å². The molecule has 0 aromatic carbocycles. The van der Waals surface area contributed by atoms with Gasteiger partial charge in [0.25, 0.3) is 0 Å². The zero-order valence-electron chi connectivity index (χ0n) is 8.92. The van der Waals surface area contributed by atoms with E-state index in [1.54, 1.807) is 0 Å². The van der Waals surface area contributed by atoms with E-state index in [9.17, 15) is 0 Å². The Morgan fingerprint density at radius 1 is 1.21 bits per heavy atom. The molecule has 78 valence electrons. The maximum Gasteiger partial charge on any atom is 0.224 e. The molecule has 1 heterocycles. The summed E-state index contributed by atoms with van der Waals surface area (Å²) in [6, 6.07) is 2.00. The van der Waals surface area contributed by atoms with Crippen LogP contribution in [0.3, 0.4) is 0 Å². The Morgan fingerprint density at radius 3 is 2.36 bits per heavy atom. The number of rotatable bonds is 4. The molecule has 0 atom stereocenters. The number of hydrogen-bond donors (Lipinski definition) is 0. The van der Waals surface area contributed by atoms with Crippen LogP contribution >= 0.6 is 11.6 Å². The first-order chi connectivity index (χ1) is 6.71. The van der Waals surface area contributed by atoms with Crippen molar-refractivity contribution in [3.63, 3.8) is 0 Å². The van der Waals surface area contributed by atoms with Crippen molar-refractivity contribution in [3.8, 4) is 0 Å². The van der Waals surface area contributed by atoms with E-state index in [1.165, 1.54) is 0 Å². The highest BCUT2D eigenvalue weighted by molar-refractivity contribution is 6.28. The molecule has 0 N–H and O–H groups in total. The van der Waals surface area contributed by atoms with Crippen LogP contribution in [0.1, 0.15) is 26.5 Å². The molecule has 3 nitrogen and oxygen atoms in total. The van der Waals surface area contributed by atoms with Gasteiger partial charge in [-0.15, -0.1) is 0 Å². The van der Waals surface area contributed by atoms with Gasteiger partial charge in [-0.25, -0.2) is 9.97 Å². The fourth-order valence-corrected chi connectivity index (χ4v) is 1.54. The molecule has 0 saturated carbocycles. The number of aryl methyl sites for hydroxylation is 1. The highest BCUT2D eigenvalue weighted by Crippen LogP contribution is 2.15. The Balaban J connectivity index is 3.01. The van der Waals surface area contributed by atoms with Crippen LogP contribution in [0.5, 0.6) is 0 Å². The predicted octanol–water partition coefficient (Wildman–Crippen LogP) is 2.54. The van der Waals surface area contributed by atoms with Gasteiger partial charge in [0.1, 0.15) is 5.82 Å². The van der Waals surface area contributed by atoms with Crippen LogP contribution in [0.4, 0.5) is 5.82 Å². The van der Waals surface area contributed by atoms with E-state index in [4.69, 9.17) is 11.6 Å². The molecule has 0 aliphatic heterocycles. The molecule has 0 unspecified atom stereocenters. The second kappa shape index (κ2) is 5.15. The number of anilines is 1. The summed E-state index contributed by atoms with van der Waals surface area (Å²) in [5, 5.41) is 0.339. The molecule has 1 aromatic heterocycles. The Kier molecular flexibility index (Phi) is 4.14. The molecule has 0 aliphatic rings. The minimum absolute atomic E-state index is 0.339. The molecule has 0 amide bonds. The van der Waals surface area contributed by atoms with Gasteiger partial charge in [0.05, 0.1) is 0 Å². The fourth-order valence-electron chi connectivity index (χ4n) is 1.34. The van der Waals surface area contributed by atoms with E-state index in [0.717, 1.165) is 31.0 Å². The third-order valence-corrected chi connectivity index (χ3v) is 2.36. The van der Waals surface area contributed by atoms with Crippen molar-refractivity contribution in [1.29, 1.82) is 0 Å². The molecule has 0 fully saturated rings. The molecule has 1 rings (SSSR count). The minimum Gasteiger partial charge on any atom is -0.357 e. The third-order valence-electron chi connectivity index (χ3n) is 2.19. The Hall–Kier alpha value is -0.830. The maximum atomic E-state index is 5.84. The third kappa shape index (κ3) is 2.58. The normalized spacial score (nSPS) is 10.3. The van der Waals surface area contributed by atoms with Crippen LogP contribution < -0.4 is 4.90 Å². The molecule has 0 spiro atoms. The molecule has 14 heavy (non-hydrogen) atoms. The van der Waals surface area contributed by atoms with Crippen molar-refractivity contribution in [1.82, 2.24) is 9.97 Å². The summed E-state index contributed by atoms with van der Waals surface area (Å²) in [5.74, 6) is 0.923. The lowest BCUT2D eigenvalue weighted by Crippen LogP contribution is -2.23. The number of nitrogens with zero attached hydrogens (tertiary/aromatic N) is 3. The highest BCUT2D eigenvalue weighted by atomic mass is 35.5. The average Bonchev–Trinajstić information content (AvgIpc) is 2.19. The van der Waals surface area contributed by atoms with Crippen molar-refractivity contribution in [3.05, 3.63) is 17.0 Å². The average molecular weight is 214 g/mol. The first-order valence-corrected chi connectivity index (χ1v) is 5.37. The summed E-state index contributed by atoms with van der Waals surface area (Å²) in [6.45, 7) is 8.14. The van der Waals surface area contributed by atoms with Crippen LogP contribution in [-0.2, 0) is 6.42 Å². The summed E-state index contributed by atoms with van der Waals surface area (Å²) in [7, 11) is 0. The molecule has 0 radical (unpaired) electrons. The van der Waals surface area contributed by atoms with E-state index in [2.05, 4.69) is 35.6 Å². The second-order valence-electron chi connectivity index (χ2n) is 3.01. The first-order valence-electron chi connectivity index (χ1n) is 4.99. The zero-order valence-corrected chi connectivity index (χ0v) is 9.67. The van der Waals surface area contributed by atoms with Crippen LogP contribution in [-0.4, -0.2) is 23.1 Å². The largest absolute Gasteiger partial charge is 0.357 e. The number of aromatic nitrogens is 2. The lowest BCUT2D eigenvalue weighted by atomic mass is 10.3. The van der Waals surface area contributed by atoms with Crippen molar-refractivity contribution in [2.24, 2.45) is 0 Å². The monoisotopic (exact) mass is 213 g/mol. The predicted molar refractivity (Wildman–Crippen MR) is 60.0 cm³/mol. The molecular weight excluding hydrogens is 198 g/mol. The standard InChI is InChI=1S/C10H16ClN3/c1-4-8-7-9(13-10(11)12-8)14(5-2)6-3/h7H,4-6H2,1-3H3. The van der Waals surface area contributed by atoms with E-state index in [1.807, 2.05) is 6.07 Å². The van der Waals surface area contributed by atoms with Crippen LogP contribution in [0.25, 0.3) is 0 Å². The highest BCUT2D eigenvalue weighted by Gasteiger charge is 2.06. The quantitative estimate of drug-likeness (QED) is 0.720. The summed E-state index contributed by atoms with van der Waals surface area (Å²) in [6.07, 6.45) is 0.885. The van der Waals surface area contributed by atoms with Gasteiger partial charge >= 0.3 is 0 Å². The minimum atomic E-state index is 0.339. The Bertz CT molecular complexity index is 297. The van der Waals surface area contributed by atoms with Crippen molar-refractivity contribution in [2.75, 3.05) is 18.0 Å². The van der Waals surface area contributed by atoms with Gasteiger partial charge < -0.3 is 4.90 Å². The Morgan fingerprint density at radius 2 is 1.86 bits per heavy atom. The van der Waals surface area contributed by atoms with Gasteiger partial charge in [-0.05, 0) is 31.9 Å². The maximum absolute atomic E-state index is 5.84. The van der Waals surface area contributed by atoms with Crippen LogP contribution in [0.15, 0.2) is 6.07 Å². The lowest BCUT2D eigenvalue weighted by Gasteiger charge is -2.19. The van der Waals surface area contributed by atoms with Gasteiger partial charge in [-0.2, -0.15) is 0 Å². The van der Waals surface area contributed by atoms with Gasteiger partial charge in [-0.1, -0.05) is 6.92 Å². The van der Waals surface area contributed by atoms with Crippen molar-refractivity contribution in [2.45, 2.75) is 27.2 Å². The molecule has 0 aliphatic carbocycles. The molecular formula is C10H16ClN3. The molecule has 0 saturated heterocycles. The van der Waals surface area contributed by atoms with E-state index < -0.39 is 0 Å². The van der Waals surface area contributed by atoms with Crippen LogP contribution in [0.2, 0.25) is 5.28 Å². The fraction of sp³-hybridized carbons (Fsp3) is 0.600. The number of hydrogen-bond acceptors (Lipinski definition) is 3. The second-order valence-corrected chi connectivity index (χ2v) is 3.35. The van der Waals surface area contributed by atoms with Crippen molar-refractivity contribution < 1.29 is 0 Å². The zero-order chi connectivity index (χ0) is 10.6. The van der Waals surface area contributed by atoms with Crippen LogP contribution in [0, 0.1) is 0 Å². The first kappa shape index (κ1) is 11.2. The molecule has 0 bridgehead atoms. The summed E-state index contributed by atoms with van der Waals surface area (Å²) in [4.78, 5) is 10.5. The Labute approximate surface area is 90.1 Å². The molecule has 4 heteroatoms. The molecule has 1 aromatic rings. The van der Waals surface area contributed by atoms with Crippen molar-refractivity contribution >= 4 is 17.4 Å². The SMILES string of the molecule is CCc1cc(N(CC)CC)nc(Cl)n1. The topological polar surface area (TPSA) is 29.0 Å². The van der Waals surface area contributed by atoms with E-state index >= 15 is 0 Å². The summed E-state index contributed by atoms with van der Waals surface area (Å²) in [5.41, 5.74) is 0.993. The van der Waals surface area contributed by atoms with Gasteiger partial charge in [-0.3, -0.25) is 0 Å². The van der Waals surface area contributed by atoms with Gasteiger partial charge in [0.2, 0.25) is 5.28 Å². The van der Waals surface area contributed by atoms with E-state index in [-0.39, 0.29) is 0 Å². The van der Waals surface area contributed by atoms with Gasteiger partial charge in [0.15, 0.2) is 0 Å². The summed E-state index contributed by atoms with van der Waals surface area (Å²) >= 11 is 5.84. The number of halogens is 1.